The smallest absolute Gasteiger partial charge is 0.0167 e. The molecule has 0 aromatic carbocycles. The van der Waals surface area contributed by atoms with E-state index < -0.39 is 0 Å². The van der Waals surface area contributed by atoms with Crippen LogP contribution in [0.25, 0.3) is 0 Å². The summed E-state index contributed by atoms with van der Waals surface area (Å²) in [6.45, 7) is 8.94. The Hall–Kier alpha value is -0.340. The zero-order valence-corrected chi connectivity index (χ0v) is 7.51. The standard InChI is InChI=1S/C9H18N2/c1-3-4-6-11-7-5-10-9(2)8-11/h3-4,9-10H,5-8H2,1-2H3/b4-3+/t9-/m0/s1. The lowest BCUT2D eigenvalue weighted by molar-refractivity contribution is 0.226. The zero-order valence-electron chi connectivity index (χ0n) is 7.51. The third-order valence-corrected chi connectivity index (χ3v) is 2.05. The molecule has 0 amide bonds. The van der Waals surface area contributed by atoms with E-state index in [0.717, 1.165) is 13.1 Å². The van der Waals surface area contributed by atoms with Crippen LogP contribution in [0, 0.1) is 0 Å². The highest BCUT2D eigenvalue weighted by Gasteiger charge is 2.13. The first-order valence-corrected chi connectivity index (χ1v) is 4.40. The number of hydrogen-bond acceptors (Lipinski definition) is 2. The minimum absolute atomic E-state index is 0.661. The summed E-state index contributed by atoms with van der Waals surface area (Å²) in [6, 6.07) is 0.661. The SMILES string of the molecule is C/C=C/CN1CCN[C@@H](C)C1. The normalized spacial score (nSPS) is 28.0. The Morgan fingerprint density at radius 2 is 2.45 bits per heavy atom. The Bertz CT molecular complexity index is 132. The van der Waals surface area contributed by atoms with Gasteiger partial charge in [-0.25, -0.2) is 0 Å². The van der Waals surface area contributed by atoms with E-state index in [1.54, 1.807) is 0 Å². The second-order valence-corrected chi connectivity index (χ2v) is 3.18. The molecular weight excluding hydrogens is 136 g/mol. The molecule has 1 rings (SSSR count). The molecular formula is C9H18N2. The Balaban J connectivity index is 2.22. The van der Waals surface area contributed by atoms with Crippen LogP contribution in [-0.4, -0.2) is 37.1 Å². The van der Waals surface area contributed by atoms with Crippen LogP contribution in [0.2, 0.25) is 0 Å². The van der Waals surface area contributed by atoms with Crippen LogP contribution in [0.4, 0.5) is 0 Å². The van der Waals surface area contributed by atoms with Crippen molar-refractivity contribution < 1.29 is 0 Å². The molecule has 0 aromatic heterocycles. The molecule has 1 atom stereocenters. The van der Waals surface area contributed by atoms with Crippen LogP contribution in [0.1, 0.15) is 13.8 Å². The van der Waals surface area contributed by atoms with Crippen molar-refractivity contribution in [1.82, 2.24) is 10.2 Å². The quantitative estimate of drug-likeness (QED) is 0.593. The second kappa shape index (κ2) is 4.52. The van der Waals surface area contributed by atoms with Gasteiger partial charge in [0.2, 0.25) is 0 Å². The van der Waals surface area contributed by atoms with Gasteiger partial charge in [-0.15, -0.1) is 0 Å². The molecule has 0 spiro atoms. The van der Waals surface area contributed by atoms with Gasteiger partial charge in [0.15, 0.2) is 0 Å². The molecule has 0 aliphatic carbocycles. The lowest BCUT2D eigenvalue weighted by Crippen LogP contribution is -2.49. The van der Waals surface area contributed by atoms with Crippen molar-refractivity contribution >= 4 is 0 Å². The van der Waals surface area contributed by atoms with E-state index >= 15 is 0 Å². The van der Waals surface area contributed by atoms with Gasteiger partial charge >= 0.3 is 0 Å². The van der Waals surface area contributed by atoms with Gasteiger partial charge < -0.3 is 5.32 Å². The van der Waals surface area contributed by atoms with E-state index in [4.69, 9.17) is 0 Å². The predicted molar refractivity (Wildman–Crippen MR) is 48.7 cm³/mol. The van der Waals surface area contributed by atoms with Gasteiger partial charge in [0.1, 0.15) is 0 Å². The molecule has 0 saturated carbocycles. The molecule has 0 unspecified atom stereocenters. The van der Waals surface area contributed by atoms with Crippen molar-refractivity contribution in [2.45, 2.75) is 19.9 Å². The van der Waals surface area contributed by atoms with Crippen LogP contribution in [0.15, 0.2) is 12.2 Å². The molecule has 11 heavy (non-hydrogen) atoms. The molecule has 0 aromatic rings. The summed E-state index contributed by atoms with van der Waals surface area (Å²) in [4.78, 5) is 2.47. The summed E-state index contributed by atoms with van der Waals surface area (Å²) in [5.41, 5.74) is 0. The third-order valence-electron chi connectivity index (χ3n) is 2.05. The Labute approximate surface area is 69.3 Å². The number of rotatable bonds is 2. The van der Waals surface area contributed by atoms with Crippen molar-refractivity contribution in [2.24, 2.45) is 0 Å². The largest absolute Gasteiger partial charge is 0.312 e. The average Bonchev–Trinajstić information content (AvgIpc) is 2.01. The van der Waals surface area contributed by atoms with Gasteiger partial charge in [0.05, 0.1) is 0 Å². The summed E-state index contributed by atoms with van der Waals surface area (Å²) < 4.78 is 0. The van der Waals surface area contributed by atoms with Crippen LogP contribution >= 0.6 is 0 Å². The zero-order chi connectivity index (χ0) is 8.10. The number of piperazine rings is 1. The topological polar surface area (TPSA) is 15.3 Å². The van der Waals surface area contributed by atoms with Crippen molar-refractivity contribution in [2.75, 3.05) is 26.2 Å². The summed E-state index contributed by atoms with van der Waals surface area (Å²) in [5, 5.41) is 3.42. The molecule has 1 fully saturated rings. The highest BCUT2D eigenvalue weighted by atomic mass is 15.2. The van der Waals surface area contributed by atoms with Gasteiger partial charge in [-0.05, 0) is 13.8 Å². The van der Waals surface area contributed by atoms with Gasteiger partial charge in [0, 0.05) is 32.2 Å². The third kappa shape index (κ3) is 3.04. The van der Waals surface area contributed by atoms with Crippen LogP contribution < -0.4 is 5.32 Å². The maximum Gasteiger partial charge on any atom is 0.0167 e. The fraction of sp³-hybridized carbons (Fsp3) is 0.778. The molecule has 0 radical (unpaired) electrons. The van der Waals surface area contributed by atoms with E-state index in [2.05, 4.69) is 36.2 Å². The summed E-state index contributed by atoms with van der Waals surface area (Å²) >= 11 is 0. The number of nitrogens with one attached hydrogen (secondary N) is 1. The fourth-order valence-electron chi connectivity index (χ4n) is 1.43. The van der Waals surface area contributed by atoms with Crippen LogP contribution in [0.5, 0.6) is 0 Å². The first-order valence-electron chi connectivity index (χ1n) is 4.40. The Morgan fingerprint density at radius 1 is 1.64 bits per heavy atom. The minimum Gasteiger partial charge on any atom is -0.312 e. The summed E-state index contributed by atoms with van der Waals surface area (Å²) in [6.07, 6.45) is 4.34. The molecule has 1 N–H and O–H groups in total. The summed E-state index contributed by atoms with van der Waals surface area (Å²) in [7, 11) is 0. The van der Waals surface area contributed by atoms with Crippen molar-refractivity contribution in [3.8, 4) is 0 Å². The summed E-state index contributed by atoms with van der Waals surface area (Å²) in [5.74, 6) is 0. The Kier molecular flexibility index (Phi) is 3.60. The molecule has 2 nitrogen and oxygen atoms in total. The maximum absolute atomic E-state index is 3.42. The number of hydrogen-bond donors (Lipinski definition) is 1. The fourth-order valence-corrected chi connectivity index (χ4v) is 1.43. The van der Waals surface area contributed by atoms with Crippen molar-refractivity contribution in [3.63, 3.8) is 0 Å². The second-order valence-electron chi connectivity index (χ2n) is 3.18. The maximum atomic E-state index is 3.42. The molecule has 1 aliphatic heterocycles. The highest BCUT2D eigenvalue weighted by Crippen LogP contribution is 1.97. The van der Waals surface area contributed by atoms with E-state index in [1.165, 1.54) is 13.1 Å². The van der Waals surface area contributed by atoms with E-state index in [9.17, 15) is 0 Å². The molecule has 0 bridgehead atoms. The number of allylic oxidation sites excluding steroid dienone is 1. The lowest BCUT2D eigenvalue weighted by atomic mass is 10.2. The minimum atomic E-state index is 0.661. The van der Waals surface area contributed by atoms with Crippen LogP contribution in [-0.2, 0) is 0 Å². The number of nitrogens with zero attached hydrogens (tertiary/aromatic N) is 1. The predicted octanol–water partition coefficient (Wildman–Crippen LogP) is 0.856. The molecule has 1 heterocycles. The van der Waals surface area contributed by atoms with Gasteiger partial charge in [-0.2, -0.15) is 0 Å². The molecule has 2 heteroatoms. The first kappa shape index (κ1) is 8.75. The van der Waals surface area contributed by atoms with Crippen molar-refractivity contribution in [1.29, 1.82) is 0 Å². The van der Waals surface area contributed by atoms with Crippen molar-refractivity contribution in [3.05, 3.63) is 12.2 Å². The van der Waals surface area contributed by atoms with E-state index in [0.29, 0.717) is 6.04 Å². The molecule has 1 saturated heterocycles. The lowest BCUT2D eigenvalue weighted by Gasteiger charge is -2.30. The van der Waals surface area contributed by atoms with Gasteiger partial charge in [-0.3, -0.25) is 4.90 Å². The van der Waals surface area contributed by atoms with E-state index in [1.807, 2.05) is 0 Å². The van der Waals surface area contributed by atoms with Gasteiger partial charge in [0.25, 0.3) is 0 Å². The molecule has 64 valence electrons. The monoisotopic (exact) mass is 154 g/mol. The van der Waals surface area contributed by atoms with E-state index in [-0.39, 0.29) is 0 Å². The highest BCUT2D eigenvalue weighted by molar-refractivity contribution is 4.84. The average molecular weight is 154 g/mol. The molecule has 1 aliphatic rings. The first-order chi connectivity index (χ1) is 5.33. The van der Waals surface area contributed by atoms with Gasteiger partial charge in [-0.1, -0.05) is 12.2 Å². The van der Waals surface area contributed by atoms with Crippen LogP contribution in [0.3, 0.4) is 0 Å². The Morgan fingerprint density at radius 3 is 3.09 bits per heavy atom.